The van der Waals surface area contributed by atoms with Crippen molar-refractivity contribution in [1.29, 1.82) is 0 Å². The molecule has 2 aromatic heterocycles. The molecule has 0 bridgehead atoms. The monoisotopic (exact) mass is 361 g/mol. The molecule has 6 heteroatoms. The lowest BCUT2D eigenvalue weighted by molar-refractivity contribution is 0.102. The van der Waals surface area contributed by atoms with Gasteiger partial charge >= 0.3 is 0 Å². The van der Waals surface area contributed by atoms with Crippen LogP contribution in [0.25, 0.3) is 10.6 Å². The van der Waals surface area contributed by atoms with Gasteiger partial charge in [-0.1, -0.05) is 24.3 Å². The van der Waals surface area contributed by atoms with E-state index >= 15 is 0 Å². The summed E-state index contributed by atoms with van der Waals surface area (Å²) in [5.41, 5.74) is 3.83. The zero-order chi connectivity index (χ0) is 17.8. The van der Waals surface area contributed by atoms with Gasteiger partial charge in [0.2, 0.25) is 0 Å². The number of carbonyl (C=O) groups excluding carboxylic acids is 1. The minimum absolute atomic E-state index is 0.243. The summed E-state index contributed by atoms with van der Waals surface area (Å²) in [5, 5.41) is 8.68. The average molecular weight is 361 g/mol. The van der Waals surface area contributed by atoms with E-state index in [2.05, 4.69) is 15.6 Å². The van der Waals surface area contributed by atoms with Gasteiger partial charge in [-0.2, -0.15) is 0 Å². The molecule has 128 valence electrons. The molecule has 0 atom stereocenters. The van der Waals surface area contributed by atoms with E-state index in [0.29, 0.717) is 11.4 Å². The molecule has 0 spiro atoms. The molecule has 0 saturated heterocycles. The molecular weight excluding hydrogens is 346 g/mol. The predicted octanol–water partition coefficient (Wildman–Crippen LogP) is 5.40. The summed E-state index contributed by atoms with van der Waals surface area (Å²) in [7, 11) is 0. The van der Waals surface area contributed by atoms with Crippen molar-refractivity contribution in [1.82, 2.24) is 4.98 Å². The van der Waals surface area contributed by atoms with Gasteiger partial charge in [-0.3, -0.25) is 4.79 Å². The molecular formula is C20H15N3O2S. The van der Waals surface area contributed by atoms with Crippen molar-refractivity contribution in [3.05, 3.63) is 84.3 Å². The van der Waals surface area contributed by atoms with E-state index < -0.39 is 0 Å². The van der Waals surface area contributed by atoms with Crippen LogP contribution in [0, 0.1) is 0 Å². The van der Waals surface area contributed by atoms with Crippen LogP contribution in [0.2, 0.25) is 0 Å². The molecule has 2 heterocycles. The molecule has 0 aliphatic rings. The van der Waals surface area contributed by atoms with Crippen LogP contribution in [0.15, 0.2) is 83.0 Å². The lowest BCUT2D eigenvalue weighted by atomic mass is 10.2. The molecule has 5 nitrogen and oxygen atoms in total. The molecule has 4 aromatic rings. The third-order valence-corrected chi connectivity index (χ3v) is 4.58. The second-order valence-electron chi connectivity index (χ2n) is 5.58. The Labute approximate surface area is 154 Å². The zero-order valence-corrected chi connectivity index (χ0v) is 14.5. The first kappa shape index (κ1) is 16.1. The van der Waals surface area contributed by atoms with E-state index in [0.717, 1.165) is 21.9 Å². The Balaban J connectivity index is 1.47. The second kappa shape index (κ2) is 7.25. The number of nitrogens with one attached hydrogen (secondary N) is 2. The van der Waals surface area contributed by atoms with Gasteiger partial charge in [-0.15, -0.1) is 11.3 Å². The van der Waals surface area contributed by atoms with E-state index in [-0.39, 0.29) is 5.91 Å². The van der Waals surface area contributed by atoms with Crippen molar-refractivity contribution in [2.24, 2.45) is 0 Å². The smallest absolute Gasteiger partial charge is 0.275 e. The number of hydrogen-bond donors (Lipinski definition) is 2. The summed E-state index contributed by atoms with van der Waals surface area (Å²) in [5.74, 6) is -0.243. The summed E-state index contributed by atoms with van der Waals surface area (Å²) in [6, 6.07) is 19.2. The SMILES string of the molecule is O=C(Nc1cccc(Nc2ccccc2)c1)c1csc(-c2ccoc2)n1. The number of aromatic nitrogens is 1. The van der Waals surface area contributed by atoms with Crippen LogP contribution in [0.3, 0.4) is 0 Å². The van der Waals surface area contributed by atoms with Crippen LogP contribution in [-0.2, 0) is 0 Å². The highest BCUT2D eigenvalue weighted by Crippen LogP contribution is 2.25. The molecule has 0 saturated carbocycles. The summed E-state index contributed by atoms with van der Waals surface area (Å²) in [6.45, 7) is 0. The first-order chi connectivity index (χ1) is 12.8. The molecule has 0 aliphatic heterocycles. The van der Waals surface area contributed by atoms with Crippen molar-refractivity contribution < 1.29 is 9.21 Å². The number of para-hydroxylation sites is 1. The maximum absolute atomic E-state index is 12.5. The lowest BCUT2D eigenvalue weighted by Gasteiger charge is -2.09. The fourth-order valence-corrected chi connectivity index (χ4v) is 3.24. The number of rotatable bonds is 5. The van der Waals surface area contributed by atoms with Crippen LogP contribution in [-0.4, -0.2) is 10.9 Å². The number of nitrogens with zero attached hydrogens (tertiary/aromatic N) is 1. The quantitative estimate of drug-likeness (QED) is 0.499. The van der Waals surface area contributed by atoms with Crippen molar-refractivity contribution in [3.8, 4) is 10.6 Å². The topological polar surface area (TPSA) is 67.2 Å². The Hall–Kier alpha value is -3.38. The number of carbonyl (C=O) groups is 1. The van der Waals surface area contributed by atoms with E-state index in [1.807, 2.05) is 60.7 Å². The van der Waals surface area contributed by atoms with Crippen LogP contribution < -0.4 is 10.6 Å². The molecule has 0 unspecified atom stereocenters. The maximum Gasteiger partial charge on any atom is 0.275 e. The number of hydrogen-bond acceptors (Lipinski definition) is 5. The molecule has 2 N–H and O–H groups in total. The third kappa shape index (κ3) is 3.65. The fraction of sp³-hybridized carbons (Fsp3) is 0. The Kier molecular flexibility index (Phi) is 4.49. The molecule has 4 rings (SSSR count). The highest BCUT2D eigenvalue weighted by Gasteiger charge is 2.13. The number of thiazole rings is 1. The number of anilines is 3. The summed E-state index contributed by atoms with van der Waals surface area (Å²) >= 11 is 1.41. The van der Waals surface area contributed by atoms with Gasteiger partial charge in [-0.05, 0) is 36.4 Å². The van der Waals surface area contributed by atoms with E-state index in [1.54, 1.807) is 17.9 Å². The Morgan fingerprint density at radius 1 is 0.962 bits per heavy atom. The molecule has 26 heavy (non-hydrogen) atoms. The maximum atomic E-state index is 12.5. The number of amides is 1. The van der Waals surface area contributed by atoms with Gasteiger partial charge in [0.15, 0.2) is 0 Å². The van der Waals surface area contributed by atoms with E-state index in [9.17, 15) is 4.79 Å². The molecule has 1 amide bonds. The van der Waals surface area contributed by atoms with E-state index in [1.165, 1.54) is 11.3 Å². The fourth-order valence-electron chi connectivity index (χ4n) is 2.45. The number of benzene rings is 2. The van der Waals surface area contributed by atoms with Gasteiger partial charge in [0.1, 0.15) is 17.0 Å². The van der Waals surface area contributed by atoms with Crippen molar-refractivity contribution in [2.75, 3.05) is 10.6 Å². The van der Waals surface area contributed by atoms with Crippen molar-refractivity contribution in [3.63, 3.8) is 0 Å². The first-order valence-electron chi connectivity index (χ1n) is 7.99. The minimum atomic E-state index is -0.243. The van der Waals surface area contributed by atoms with Gasteiger partial charge < -0.3 is 15.1 Å². The van der Waals surface area contributed by atoms with Crippen molar-refractivity contribution >= 4 is 34.3 Å². The molecule has 0 fully saturated rings. The van der Waals surface area contributed by atoms with Crippen LogP contribution in [0.1, 0.15) is 10.5 Å². The van der Waals surface area contributed by atoms with Gasteiger partial charge in [0, 0.05) is 28.0 Å². The first-order valence-corrected chi connectivity index (χ1v) is 8.87. The Morgan fingerprint density at radius 3 is 2.58 bits per heavy atom. The highest BCUT2D eigenvalue weighted by molar-refractivity contribution is 7.13. The van der Waals surface area contributed by atoms with Gasteiger partial charge in [0.05, 0.1) is 6.26 Å². The third-order valence-electron chi connectivity index (χ3n) is 3.69. The zero-order valence-electron chi connectivity index (χ0n) is 13.7. The standard InChI is InChI=1S/C20H15N3O2S/c24-19(18-13-26-20(23-18)14-9-10-25-12-14)22-17-8-4-7-16(11-17)21-15-5-2-1-3-6-15/h1-13,21H,(H,22,24). The Morgan fingerprint density at radius 2 is 1.77 bits per heavy atom. The molecule has 0 aliphatic carbocycles. The summed E-state index contributed by atoms with van der Waals surface area (Å²) < 4.78 is 5.06. The minimum Gasteiger partial charge on any atom is -0.472 e. The molecule has 0 radical (unpaired) electrons. The van der Waals surface area contributed by atoms with E-state index in [4.69, 9.17) is 4.42 Å². The second-order valence-corrected chi connectivity index (χ2v) is 6.43. The average Bonchev–Trinajstić information content (AvgIpc) is 3.34. The highest BCUT2D eigenvalue weighted by atomic mass is 32.1. The molecule has 2 aromatic carbocycles. The summed E-state index contributed by atoms with van der Waals surface area (Å²) in [4.78, 5) is 16.8. The van der Waals surface area contributed by atoms with Crippen molar-refractivity contribution in [2.45, 2.75) is 0 Å². The lowest BCUT2D eigenvalue weighted by Crippen LogP contribution is -2.12. The van der Waals surface area contributed by atoms with Crippen LogP contribution >= 0.6 is 11.3 Å². The predicted molar refractivity (Wildman–Crippen MR) is 104 cm³/mol. The van der Waals surface area contributed by atoms with Gasteiger partial charge in [0.25, 0.3) is 5.91 Å². The Bertz CT molecular complexity index is 1010. The summed E-state index contributed by atoms with van der Waals surface area (Å²) in [6.07, 6.45) is 3.20. The van der Waals surface area contributed by atoms with Crippen LogP contribution in [0.5, 0.6) is 0 Å². The number of furan rings is 1. The van der Waals surface area contributed by atoms with Crippen LogP contribution in [0.4, 0.5) is 17.1 Å². The largest absolute Gasteiger partial charge is 0.472 e. The normalized spacial score (nSPS) is 10.5. The van der Waals surface area contributed by atoms with Gasteiger partial charge in [-0.25, -0.2) is 4.98 Å².